The van der Waals surface area contributed by atoms with Gasteiger partial charge in [-0.3, -0.25) is 14.5 Å². The summed E-state index contributed by atoms with van der Waals surface area (Å²) in [6.07, 6.45) is -0.0236. The van der Waals surface area contributed by atoms with E-state index in [4.69, 9.17) is 15.2 Å². The van der Waals surface area contributed by atoms with Gasteiger partial charge in [0.05, 0.1) is 26.5 Å². The lowest BCUT2D eigenvalue weighted by molar-refractivity contribution is -0.128. The van der Waals surface area contributed by atoms with Crippen molar-refractivity contribution < 1.29 is 19.1 Å². The standard InChI is InChI=1S/C20H21N3O4S/c1-26-15-7-3-13(4-8-15)12-23-19(25)17(11-18(21)24)28-20(23)22-14-5-9-16(27-2)10-6-14/h3-10,17H,11-12H2,1-2H3,(H2,21,24). The normalized spacial score (nSPS) is 17.8. The van der Waals surface area contributed by atoms with Gasteiger partial charge >= 0.3 is 0 Å². The fourth-order valence-electron chi connectivity index (χ4n) is 2.73. The van der Waals surface area contributed by atoms with Gasteiger partial charge in [-0.05, 0) is 42.0 Å². The zero-order valence-corrected chi connectivity index (χ0v) is 16.4. The minimum atomic E-state index is -0.562. The van der Waals surface area contributed by atoms with E-state index in [2.05, 4.69) is 4.99 Å². The Morgan fingerprint density at radius 3 is 2.18 bits per heavy atom. The van der Waals surface area contributed by atoms with E-state index < -0.39 is 11.2 Å². The van der Waals surface area contributed by atoms with Crippen molar-refractivity contribution >= 4 is 34.4 Å². The molecule has 0 bridgehead atoms. The van der Waals surface area contributed by atoms with Crippen LogP contribution in [0.1, 0.15) is 12.0 Å². The summed E-state index contributed by atoms with van der Waals surface area (Å²) in [6.45, 7) is 0.347. The molecule has 8 heteroatoms. The molecule has 146 valence electrons. The molecule has 1 saturated heterocycles. The molecule has 28 heavy (non-hydrogen) atoms. The van der Waals surface area contributed by atoms with Crippen LogP contribution in [0, 0.1) is 0 Å². The zero-order chi connectivity index (χ0) is 20.1. The van der Waals surface area contributed by atoms with Crippen LogP contribution in [0.3, 0.4) is 0 Å². The van der Waals surface area contributed by atoms with Crippen LogP contribution in [-0.2, 0) is 16.1 Å². The van der Waals surface area contributed by atoms with Crippen LogP contribution in [0.25, 0.3) is 0 Å². The van der Waals surface area contributed by atoms with E-state index in [0.29, 0.717) is 17.4 Å². The Labute approximate surface area is 167 Å². The summed E-state index contributed by atoms with van der Waals surface area (Å²) in [5.41, 5.74) is 6.92. The van der Waals surface area contributed by atoms with Crippen LogP contribution in [0.15, 0.2) is 53.5 Å². The van der Waals surface area contributed by atoms with Gasteiger partial charge in [-0.2, -0.15) is 0 Å². The molecule has 0 spiro atoms. The summed E-state index contributed by atoms with van der Waals surface area (Å²) >= 11 is 1.26. The summed E-state index contributed by atoms with van der Waals surface area (Å²) in [6, 6.07) is 14.7. The average molecular weight is 399 g/mol. The van der Waals surface area contributed by atoms with Crippen LogP contribution in [-0.4, -0.2) is 41.4 Å². The van der Waals surface area contributed by atoms with E-state index in [1.165, 1.54) is 11.8 Å². The smallest absolute Gasteiger partial charge is 0.242 e. The molecule has 2 aromatic carbocycles. The quantitative estimate of drug-likeness (QED) is 0.773. The van der Waals surface area contributed by atoms with E-state index in [1.807, 2.05) is 36.4 Å². The molecule has 0 radical (unpaired) electrons. The molecule has 2 aromatic rings. The highest BCUT2D eigenvalue weighted by molar-refractivity contribution is 8.15. The fraction of sp³-hybridized carbons (Fsp3) is 0.250. The molecule has 1 aliphatic heterocycles. The van der Waals surface area contributed by atoms with Gasteiger partial charge < -0.3 is 15.2 Å². The zero-order valence-electron chi connectivity index (χ0n) is 15.6. The van der Waals surface area contributed by atoms with Gasteiger partial charge in [-0.25, -0.2) is 4.99 Å². The number of rotatable bonds is 7. The number of thioether (sulfide) groups is 1. The van der Waals surface area contributed by atoms with Crippen molar-refractivity contribution in [1.82, 2.24) is 4.90 Å². The Morgan fingerprint density at radius 2 is 1.64 bits per heavy atom. The molecule has 1 fully saturated rings. The number of methoxy groups -OCH3 is 2. The van der Waals surface area contributed by atoms with E-state index in [0.717, 1.165) is 17.1 Å². The molecular formula is C20H21N3O4S. The molecule has 3 rings (SSSR count). The van der Waals surface area contributed by atoms with Crippen molar-refractivity contribution in [3.63, 3.8) is 0 Å². The summed E-state index contributed by atoms with van der Waals surface area (Å²) in [5.74, 6) is 0.776. The number of carbonyl (C=O) groups excluding carboxylic acids is 2. The molecule has 2 amide bonds. The van der Waals surface area contributed by atoms with Crippen molar-refractivity contribution in [2.45, 2.75) is 18.2 Å². The summed E-state index contributed by atoms with van der Waals surface area (Å²) in [5, 5.41) is -0.0232. The number of primary amides is 1. The first-order valence-electron chi connectivity index (χ1n) is 8.62. The number of carbonyl (C=O) groups is 2. The van der Waals surface area contributed by atoms with Gasteiger partial charge in [-0.1, -0.05) is 23.9 Å². The number of ether oxygens (including phenoxy) is 2. The number of hydrogen-bond acceptors (Lipinski definition) is 6. The van der Waals surface area contributed by atoms with Gasteiger partial charge in [0, 0.05) is 6.42 Å². The molecule has 0 saturated carbocycles. The summed E-state index contributed by atoms with van der Waals surface area (Å²) in [7, 11) is 3.20. The van der Waals surface area contributed by atoms with E-state index in [1.54, 1.807) is 31.3 Å². The second kappa shape index (κ2) is 8.79. The van der Waals surface area contributed by atoms with Gasteiger partial charge in [0.2, 0.25) is 11.8 Å². The van der Waals surface area contributed by atoms with Crippen LogP contribution >= 0.6 is 11.8 Å². The molecule has 2 N–H and O–H groups in total. The molecule has 1 aliphatic rings. The van der Waals surface area contributed by atoms with E-state index in [-0.39, 0.29) is 12.3 Å². The SMILES string of the molecule is COc1ccc(CN2C(=O)C(CC(N)=O)SC2=Nc2ccc(OC)cc2)cc1. The topological polar surface area (TPSA) is 94.2 Å². The second-order valence-electron chi connectivity index (χ2n) is 6.14. The van der Waals surface area contributed by atoms with Gasteiger partial charge in [0.15, 0.2) is 5.17 Å². The maximum atomic E-state index is 12.8. The minimum absolute atomic E-state index is 0.0236. The number of nitrogens with two attached hydrogens (primary N) is 1. The lowest BCUT2D eigenvalue weighted by Crippen LogP contribution is -2.33. The Hall–Kier alpha value is -3.00. The molecule has 0 aliphatic carbocycles. The molecule has 1 unspecified atom stereocenters. The molecule has 7 nitrogen and oxygen atoms in total. The van der Waals surface area contributed by atoms with Crippen LogP contribution in [0.4, 0.5) is 5.69 Å². The molecule has 1 heterocycles. The Kier molecular flexibility index (Phi) is 6.20. The Morgan fingerprint density at radius 1 is 1.07 bits per heavy atom. The highest BCUT2D eigenvalue weighted by atomic mass is 32.2. The summed E-state index contributed by atoms with van der Waals surface area (Å²) in [4.78, 5) is 30.4. The number of aliphatic imine (C=N–C) groups is 1. The molecule has 0 aromatic heterocycles. The number of hydrogen-bond donors (Lipinski definition) is 1. The first-order valence-corrected chi connectivity index (χ1v) is 9.50. The lowest BCUT2D eigenvalue weighted by atomic mass is 10.2. The predicted molar refractivity (Wildman–Crippen MR) is 109 cm³/mol. The molecular weight excluding hydrogens is 378 g/mol. The Balaban J connectivity index is 1.87. The van der Waals surface area contributed by atoms with Crippen LogP contribution in [0.5, 0.6) is 11.5 Å². The first kappa shape index (κ1) is 19.8. The Bertz CT molecular complexity index is 881. The fourth-order valence-corrected chi connectivity index (χ4v) is 3.90. The third-order valence-electron chi connectivity index (χ3n) is 4.20. The van der Waals surface area contributed by atoms with Crippen molar-refractivity contribution in [1.29, 1.82) is 0 Å². The number of nitrogens with zero attached hydrogens (tertiary/aromatic N) is 2. The number of amidine groups is 1. The van der Waals surface area contributed by atoms with Gasteiger partial charge in [0.1, 0.15) is 16.7 Å². The monoisotopic (exact) mass is 399 g/mol. The van der Waals surface area contributed by atoms with Crippen molar-refractivity contribution in [3.05, 3.63) is 54.1 Å². The number of amides is 2. The maximum Gasteiger partial charge on any atom is 0.242 e. The highest BCUT2D eigenvalue weighted by Gasteiger charge is 2.38. The van der Waals surface area contributed by atoms with Gasteiger partial charge in [0.25, 0.3) is 0 Å². The lowest BCUT2D eigenvalue weighted by Gasteiger charge is -2.17. The van der Waals surface area contributed by atoms with Crippen molar-refractivity contribution in [2.75, 3.05) is 14.2 Å². The summed E-state index contributed by atoms with van der Waals surface area (Å²) < 4.78 is 10.3. The third-order valence-corrected chi connectivity index (χ3v) is 5.38. The number of benzene rings is 2. The average Bonchev–Trinajstić information content (AvgIpc) is 2.97. The van der Waals surface area contributed by atoms with E-state index >= 15 is 0 Å². The van der Waals surface area contributed by atoms with Crippen molar-refractivity contribution in [2.24, 2.45) is 10.7 Å². The van der Waals surface area contributed by atoms with Crippen LogP contribution in [0.2, 0.25) is 0 Å². The van der Waals surface area contributed by atoms with Crippen LogP contribution < -0.4 is 15.2 Å². The van der Waals surface area contributed by atoms with E-state index in [9.17, 15) is 9.59 Å². The predicted octanol–water partition coefficient (Wildman–Crippen LogP) is 2.71. The largest absolute Gasteiger partial charge is 0.497 e. The maximum absolute atomic E-state index is 12.8. The van der Waals surface area contributed by atoms with Crippen molar-refractivity contribution in [3.8, 4) is 11.5 Å². The minimum Gasteiger partial charge on any atom is -0.497 e. The third kappa shape index (κ3) is 4.64. The second-order valence-corrected chi connectivity index (χ2v) is 7.31. The van der Waals surface area contributed by atoms with Gasteiger partial charge in [-0.15, -0.1) is 0 Å². The molecule has 1 atom stereocenters. The first-order chi connectivity index (χ1) is 13.5. The highest BCUT2D eigenvalue weighted by Crippen LogP contribution is 2.33.